The summed E-state index contributed by atoms with van der Waals surface area (Å²) >= 11 is 0. The van der Waals surface area contributed by atoms with Gasteiger partial charge in [0.05, 0.1) is 24.3 Å². The van der Waals surface area contributed by atoms with Crippen molar-refractivity contribution < 1.29 is 28.7 Å². The molecule has 4 aliphatic rings. The first-order valence-electron chi connectivity index (χ1n) is 18.4. The zero-order valence-corrected chi connectivity index (χ0v) is 30.7. The Morgan fingerprint density at radius 2 is 1.82 bits per heavy atom. The minimum Gasteiger partial charge on any atom is -0.494 e. The fraction of sp³-hybridized carbons (Fsp3) is 0.743. The molecule has 4 fully saturated rings. The number of nitrogens with two attached hydrogens (primary N) is 1. The van der Waals surface area contributed by atoms with Gasteiger partial charge in [0.2, 0.25) is 5.91 Å². The third-order valence-corrected chi connectivity index (χ3v) is 10.7. The number of carbonyl (C=O) groups excluding carboxylic acids is 2. The minimum atomic E-state index is -0.939. The molecule has 1 aromatic carbocycles. The number of benzene rings is 1. The first-order chi connectivity index (χ1) is 23.7. The summed E-state index contributed by atoms with van der Waals surface area (Å²) in [6.45, 7) is 13.9. The SMILES string of the molecule is CCCCCCCOc1ccc(NC(=O)N[C@@H](CCCN=C(N)N[N+](=O)[O-])C(=O)N[C@@H](CC(C)C)B2O[C@@H]3C[C@H]4C[C@H](C4(C)C)[C@]3(C)O2)cc1. The summed E-state index contributed by atoms with van der Waals surface area (Å²) in [5.74, 6) is 0.777. The van der Waals surface area contributed by atoms with Crippen molar-refractivity contribution in [2.24, 2.45) is 33.9 Å². The number of anilines is 1. The number of carbonyl (C=O) groups is 2. The summed E-state index contributed by atoms with van der Waals surface area (Å²) in [5.41, 5.74) is 7.66. The van der Waals surface area contributed by atoms with Gasteiger partial charge in [0, 0.05) is 12.2 Å². The second-order valence-electron chi connectivity index (χ2n) is 15.3. The number of urea groups is 1. The van der Waals surface area contributed by atoms with Crippen molar-refractivity contribution >= 4 is 30.7 Å². The molecule has 3 saturated carbocycles. The molecule has 5 rings (SSSR count). The van der Waals surface area contributed by atoms with Crippen molar-refractivity contribution in [3.63, 3.8) is 0 Å². The molecule has 3 aliphatic carbocycles. The van der Waals surface area contributed by atoms with Crippen molar-refractivity contribution in [2.45, 2.75) is 129 Å². The van der Waals surface area contributed by atoms with Gasteiger partial charge in [-0.3, -0.25) is 4.79 Å². The number of nitro groups is 1. The molecule has 1 heterocycles. The molecule has 15 heteroatoms. The van der Waals surface area contributed by atoms with Gasteiger partial charge in [0.1, 0.15) is 11.8 Å². The van der Waals surface area contributed by atoms with Crippen LogP contribution in [0.25, 0.3) is 0 Å². The number of guanidine groups is 1. The molecule has 0 radical (unpaired) electrons. The van der Waals surface area contributed by atoms with Crippen LogP contribution in [-0.4, -0.2) is 66.9 Å². The van der Waals surface area contributed by atoms with Crippen LogP contribution < -0.4 is 31.8 Å². The normalized spacial score (nSPS) is 24.8. The highest BCUT2D eigenvalue weighted by atomic mass is 16.7. The quantitative estimate of drug-likeness (QED) is 0.0323. The number of unbranched alkanes of at least 4 members (excludes halogenated alkanes) is 4. The first kappa shape index (κ1) is 39.2. The summed E-state index contributed by atoms with van der Waals surface area (Å²) < 4.78 is 19.1. The van der Waals surface area contributed by atoms with E-state index in [2.05, 4.69) is 62.5 Å². The largest absolute Gasteiger partial charge is 0.494 e. The highest BCUT2D eigenvalue weighted by molar-refractivity contribution is 6.48. The van der Waals surface area contributed by atoms with Crippen molar-refractivity contribution in [1.29, 1.82) is 0 Å². The number of hydrogen-bond acceptors (Lipinski definition) is 8. The van der Waals surface area contributed by atoms with Crippen LogP contribution in [-0.2, 0) is 14.1 Å². The minimum absolute atomic E-state index is 0.0331. The summed E-state index contributed by atoms with van der Waals surface area (Å²) in [7, 11) is -0.615. The predicted octanol–water partition coefficient (Wildman–Crippen LogP) is 5.20. The topological polar surface area (TPSA) is 191 Å². The zero-order chi connectivity index (χ0) is 36.5. The van der Waals surface area contributed by atoms with Crippen LogP contribution in [0.4, 0.5) is 10.5 Å². The molecular weight excluding hydrogens is 641 g/mol. The Kier molecular flexibility index (Phi) is 13.8. The lowest BCUT2D eigenvalue weighted by molar-refractivity contribution is -0.525. The molecule has 1 aromatic rings. The number of hydrogen-bond donors (Lipinski definition) is 5. The van der Waals surface area contributed by atoms with Crippen LogP contribution in [0.3, 0.4) is 0 Å². The molecule has 0 unspecified atom stereocenters. The van der Waals surface area contributed by atoms with Crippen LogP contribution in [0, 0.1) is 33.3 Å². The maximum absolute atomic E-state index is 13.9. The summed E-state index contributed by atoms with van der Waals surface area (Å²) in [5, 5.41) is 18.6. The highest BCUT2D eigenvalue weighted by Crippen LogP contribution is 2.65. The Balaban J connectivity index is 1.39. The Morgan fingerprint density at radius 3 is 2.48 bits per heavy atom. The molecule has 278 valence electrons. The fourth-order valence-electron chi connectivity index (χ4n) is 7.85. The molecule has 0 aromatic heterocycles. The molecular formula is C35H58BN7O7. The van der Waals surface area contributed by atoms with E-state index in [1.165, 1.54) is 19.3 Å². The second kappa shape index (κ2) is 17.6. The number of amides is 3. The number of nitrogens with zero attached hydrogens (tertiary/aromatic N) is 2. The maximum atomic E-state index is 13.9. The molecule has 3 amide bonds. The summed E-state index contributed by atoms with van der Waals surface area (Å²) in [4.78, 5) is 41.7. The van der Waals surface area contributed by atoms with Crippen molar-refractivity contribution in [1.82, 2.24) is 16.1 Å². The van der Waals surface area contributed by atoms with Crippen LogP contribution >= 0.6 is 0 Å². The average molecular weight is 700 g/mol. The van der Waals surface area contributed by atoms with E-state index in [9.17, 15) is 19.7 Å². The van der Waals surface area contributed by atoms with Gasteiger partial charge >= 0.3 is 13.1 Å². The van der Waals surface area contributed by atoms with Crippen LogP contribution in [0.5, 0.6) is 5.75 Å². The predicted molar refractivity (Wildman–Crippen MR) is 194 cm³/mol. The molecule has 1 saturated heterocycles. The number of aliphatic imine (C=N–C) groups is 1. The number of ether oxygens (including phenoxy) is 1. The van der Waals surface area contributed by atoms with E-state index in [-0.39, 0.29) is 42.3 Å². The van der Waals surface area contributed by atoms with E-state index in [0.29, 0.717) is 37.0 Å². The Hall–Kier alpha value is -3.59. The van der Waals surface area contributed by atoms with Crippen molar-refractivity contribution in [2.75, 3.05) is 18.5 Å². The zero-order valence-electron chi connectivity index (χ0n) is 30.7. The van der Waals surface area contributed by atoms with E-state index in [4.69, 9.17) is 19.8 Å². The number of rotatable bonds is 19. The van der Waals surface area contributed by atoms with Crippen molar-refractivity contribution in [3.8, 4) is 5.75 Å². The second-order valence-corrected chi connectivity index (χ2v) is 15.3. The van der Waals surface area contributed by atoms with E-state index < -0.39 is 35.8 Å². The number of nitrogens with one attached hydrogen (secondary N) is 4. The van der Waals surface area contributed by atoms with Crippen molar-refractivity contribution in [3.05, 3.63) is 34.4 Å². The molecule has 14 nitrogen and oxygen atoms in total. The van der Waals surface area contributed by atoms with E-state index in [0.717, 1.165) is 31.4 Å². The average Bonchev–Trinajstić information content (AvgIpc) is 3.41. The van der Waals surface area contributed by atoms with Gasteiger partial charge in [-0.2, -0.15) is 0 Å². The van der Waals surface area contributed by atoms with Gasteiger partial charge in [0.25, 0.3) is 5.96 Å². The summed E-state index contributed by atoms with van der Waals surface area (Å²) in [6.07, 6.45) is 8.94. The fourth-order valence-corrected chi connectivity index (χ4v) is 7.85. The van der Waals surface area contributed by atoms with E-state index >= 15 is 0 Å². The first-order valence-corrected chi connectivity index (χ1v) is 18.4. The standard InChI is InChI=1S/C35H58BN7O7/c1-7-8-9-10-11-19-48-26-16-14-25(15-17-26)39-33(45)40-27(13-12-18-38-32(37)42-43(46)47)31(44)41-30(20-23(2)3)36-49-29-22-24-21-28(34(24,4)5)35(29,6)50-36/h14-17,23-24,27-30H,7-13,18-22H2,1-6H3,(H,41,44)(H3,37,38,42)(H2,39,40,45)/t24-,27+,28-,29-,30+,35+/m1/s1. The van der Waals surface area contributed by atoms with Gasteiger partial charge in [0.15, 0.2) is 5.03 Å². The molecule has 6 N–H and O–H groups in total. The van der Waals surface area contributed by atoms with E-state index in [1.54, 1.807) is 29.7 Å². The van der Waals surface area contributed by atoms with Gasteiger partial charge in [-0.05, 0) is 92.9 Å². The monoisotopic (exact) mass is 699 g/mol. The maximum Gasteiger partial charge on any atom is 0.481 e. The lowest BCUT2D eigenvalue weighted by Crippen LogP contribution is -2.65. The molecule has 1 aliphatic heterocycles. The Labute approximate surface area is 297 Å². The molecule has 0 spiro atoms. The van der Waals surface area contributed by atoms with Crippen LogP contribution in [0.2, 0.25) is 0 Å². The molecule has 2 bridgehead atoms. The third-order valence-electron chi connectivity index (χ3n) is 10.7. The van der Waals surface area contributed by atoms with Gasteiger partial charge in [-0.15, -0.1) is 0 Å². The third kappa shape index (κ3) is 10.2. The molecule has 50 heavy (non-hydrogen) atoms. The van der Waals surface area contributed by atoms with Crippen LogP contribution in [0.15, 0.2) is 29.3 Å². The van der Waals surface area contributed by atoms with Gasteiger partial charge in [-0.25, -0.2) is 19.9 Å². The smallest absolute Gasteiger partial charge is 0.481 e. The Bertz CT molecular complexity index is 1330. The van der Waals surface area contributed by atoms with Gasteiger partial charge < -0.3 is 35.7 Å². The highest BCUT2D eigenvalue weighted by Gasteiger charge is 2.68. The van der Waals surface area contributed by atoms with Crippen LogP contribution in [0.1, 0.15) is 106 Å². The van der Waals surface area contributed by atoms with Gasteiger partial charge in [-0.1, -0.05) is 65.7 Å². The lowest BCUT2D eigenvalue weighted by atomic mass is 9.43. The molecule has 6 atom stereocenters. The summed E-state index contributed by atoms with van der Waals surface area (Å²) in [6, 6.07) is 5.61. The number of hydrazine groups is 1. The lowest BCUT2D eigenvalue weighted by Gasteiger charge is -2.64. The Morgan fingerprint density at radius 1 is 1.10 bits per heavy atom. The van der Waals surface area contributed by atoms with E-state index in [1.807, 2.05) is 0 Å².